The number of methoxy groups -OCH3 is 1. The van der Waals surface area contributed by atoms with E-state index in [9.17, 15) is 40.2 Å². The Bertz CT molecular complexity index is 2070. The number of aliphatic hydroxyl groups excluding tert-OH is 3. The van der Waals surface area contributed by atoms with Gasteiger partial charge in [-0.3, -0.25) is 19.5 Å². The van der Waals surface area contributed by atoms with Crippen molar-refractivity contribution in [1.82, 2.24) is 9.91 Å². The van der Waals surface area contributed by atoms with Gasteiger partial charge >= 0.3 is 5.79 Å². The molecule has 7 rings (SSSR count). The highest BCUT2D eigenvalue weighted by Crippen LogP contribution is 2.55. The Morgan fingerprint density at radius 3 is 2.15 bits per heavy atom. The van der Waals surface area contributed by atoms with Crippen LogP contribution in [0, 0.1) is 30.6 Å². The summed E-state index contributed by atoms with van der Waals surface area (Å²) in [6, 6.07) is 0.561. The number of aromatic hydroxyl groups is 3. The molecular formula is C45H62N4O11. The van der Waals surface area contributed by atoms with Gasteiger partial charge in [0.2, 0.25) is 0 Å². The van der Waals surface area contributed by atoms with E-state index in [0.29, 0.717) is 19.1 Å². The van der Waals surface area contributed by atoms with Crippen molar-refractivity contribution in [2.75, 3.05) is 38.6 Å². The number of carbonyl (C=O) groups excluding carboxylic acids is 2. The second kappa shape index (κ2) is 18.1. The van der Waals surface area contributed by atoms with Crippen LogP contribution in [0.4, 0.5) is 5.69 Å². The van der Waals surface area contributed by atoms with Crippen molar-refractivity contribution >= 4 is 34.4 Å². The van der Waals surface area contributed by atoms with Crippen molar-refractivity contribution in [2.45, 2.75) is 110 Å². The minimum absolute atomic E-state index is 0.0742. The number of phenolic OH excluding ortho intramolecular Hbond substituents is 3. The molecule has 2 aromatic rings. The van der Waals surface area contributed by atoms with Crippen LogP contribution in [0.15, 0.2) is 41.2 Å². The molecule has 9 atom stereocenters. The number of fused-ring (bicyclic) bond motifs is 14. The molecular weight excluding hydrogens is 773 g/mol. The van der Waals surface area contributed by atoms with Gasteiger partial charge in [0.05, 0.1) is 59.1 Å². The fraction of sp³-hybridized carbons (Fsp3) is 0.578. The minimum atomic E-state index is -2.01. The highest BCUT2D eigenvalue weighted by molar-refractivity contribution is 6.23. The first-order valence-corrected chi connectivity index (χ1v) is 21.0. The summed E-state index contributed by atoms with van der Waals surface area (Å²) < 4.78 is 17.8. The Kier molecular flexibility index (Phi) is 13.6. The van der Waals surface area contributed by atoms with E-state index in [2.05, 4.69) is 15.3 Å². The second-order valence-corrected chi connectivity index (χ2v) is 17.2. The van der Waals surface area contributed by atoms with Crippen molar-refractivity contribution in [2.24, 2.45) is 28.8 Å². The normalized spacial score (nSPS) is 33.5. The van der Waals surface area contributed by atoms with Crippen LogP contribution in [-0.2, 0) is 14.3 Å². The number of anilines is 1. The van der Waals surface area contributed by atoms with Crippen molar-refractivity contribution in [1.29, 1.82) is 0 Å². The molecule has 60 heavy (non-hydrogen) atoms. The number of rotatable bonds is 4. The lowest BCUT2D eigenvalue weighted by molar-refractivity contribution is -0.112. The van der Waals surface area contributed by atoms with Gasteiger partial charge in [0.15, 0.2) is 5.75 Å². The van der Waals surface area contributed by atoms with Crippen LogP contribution in [0.3, 0.4) is 0 Å². The van der Waals surface area contributed by atoms with E-state index in [1.165, 1.54) is 71.3 Å². The molecule has 328 valence electrons. The molecule has 7 N–H and O–H groups in total. The molecule has 1 saturated carbocycles. The smallest absolute Gasteiger partial charge is 0.312 e. The minimum Gasteiger partial charge on any atom is -0.507 e. The molecule has 4 heterocycles. The van der Waals surface area contributed by atoms with Gasteiger partial charge in [-0.25, -0.2) is 0 Å². The largest absolute Gasteiger partial charge is 0.507 e. The first-order chi connectivity index (χ1) is 28.4. The van der Waals surface area contributed by atoms with Crippen molar-refractivity contribution in [3.8, 4) is 23.0 Å². The Morgan fingerprint density at radius 1 is 0.867 bits per heavy atom. The SMILES string of the molecule is CO[C@H]1/C=C\O[C@@]2(C)Oc3c(C)c(O)c4c(O)c(c(/C=N/N5CCN(C6CCCC6)CC5)c(O)c4c3C2=O)NC(=O)/C(C)=C\C=C/[C@H](C)[C@H](O)[C@@H](C)[C@@H](O)[C@@H](C)[C@H](O)[C@@H]1C. The molecule has 0 spiro atoms. The number of Topliss-reactive ketones (excluding diaryl/α,β-unsaturated/α-hetero) is 1. The predicted molar refractivity (Wildman–Crippen MR) is 227 cm³/mol. The first kappa shape index (κ1) is 44.9. The van der Waals surface area contributed by atoms with E-state index in [1.54, 1.807) is 46.8 Å². The van der Waals surface area contributed by atoms with E-state index in [0.717, 1.165) is 13.1 Å². The van der Waals surface area contributed by atoms with Gasteiger partial charge in [-0.15, -0.1) is 0 Å². The van der Waals surface area contributed by atoms with Gasteiger partial charge in [-0.05, 0) is 32.8 Å². The molecule has 5 aliphatic rings. The maximum absolute atomic E-state index is 14.4. The highest BCUT2D eigenvalue weighted by Gasteiger charge is 2.50. The predicted octanol–water partition coefficient (Wildman–Crippen LogP) is 5.08. The molecule has 0 aromatic heterocycles. The number of hydrogen-bond acceptors (Lipinski definition) is 14. The van der Waals surface area contributed by atoms with Crippen LogP contribution >= 0.6 is 0 Å². The average molecular weight is 835 g/mol. The van der Waals surface area contributed by atoms with Gasteiger partial charge in [0.25, 0.3) is 11.7 Å². The second-order valence-electron chi connectivity index (χ2n) is 17.2. The molecule has 15 nitrogen and oxygen atoms in total. The molecule has 4 aliphatic heterocycles. The first-order valence-electron chi connectivity index (χ1n) is 21.0. The number of allylic oxidation sites excluding steroid dienone is 2. The number of hydrogen-bond donors (Lipinski definition) is 7. The average Bonchev–Trinajstić information content (AvgIpc) is 3.87. The third-order valence-corrected chi connectivity index (χ3v) is 13.3. The monoisotopic (exact) mass is 834 g/mol. The molecule has 1 aliphatic carbocycles. The van der Waals surface area contributed by atoms with E-state index in [1.807, 2.05) is 5.01 Å². The number of benzene rings is 2. The summed E-state index contributed by atoms with van der Waals surface area (Å²) in [7, 11) is 1.45. The lowest BCUT2D eigenvalue weighted by atomic mass is 9.78. The number of amides is 1. The number of ketones is 1. The van der Waals surface area contributed by atoms with Crippen LogP contribution < -0.4 is 10.1 Å². The fourth-order valence-electron chi connectivity index (χ4n) is 9.08. The van der Waals surface area contributed by atoms with E-state index in [-0.39, 0.29) is 44.5 Å². The molecule has 0 unspecified atom stereocenters. The maximum Gasteiger partial charge on any atom is 0.312 e. The third kappa shape index (κ3) is 8.47. The summed E-state index contributed by atoms with van der Waals surface area (Å²) in [5.41, 5.74) is -0.233. The summed E-state index contributed by atoms with van der Waals surface area (Å²) in [4.78, 5) is 30.7. The van der Waals surface area contributed by atoms with Crippen molar-refractivity contribution in [3.63, 3.8) is 0 Å². The zero-order chi connectivity index (χ0) is 43.8. The number of nitrogens with one attached hydrogen (secondary N) is 1. The van der Waals surface area contributed by atoms with E-state index in [4.69, 9.17) is 14.2 Å². The number of aliphatic hydroxyl groups is 3. The van der Waals surface area contributed by atoms with Gasteiger partial charge < -0.3 is 50.2 Å². The number of nitrogens with zero attached hydrogens (tertiary/aromatic N) is 3. The summed E-state index contributed by atoms with van der Waals surface area (Å²) in [5, 5.41) is 78.4. The number of carbonyl (C=O) groups is 2. The summed E-state index contributed by atoms with van der Waals surface area (Å²) in [5.74, 6) is -7.52. The van der Waals surface area contributed by atoms with Crippen LogP contribution in [0.2, 0.25) is 0 Å². The quantitative estimate of drug-likeness (QED) is 0.122. The number of piperazine rings is 1. The van der Waals surface area contributed by atoms with Crippen LogP contribution in [0.5, 0.6) is 23.0 Å². The lowest BCUT2D eigenvalue weighted by Crippen LogP contribution is -2.47. The molecule has 2 fully saturated rings. The Hall–Kier alpha value is -4.67. The highest BCUT2D eigenvalue weighted by atomic mass is 16.7. The zero-order valence-electron chi connectivity index (χ0n) is 35.9. The van der Waals surface area contributed by atoms with E-state index >= 15 is 0 Å². The molecule has 1 saturated heterocycles. The number of hydrazone groups is 1. The molecule has 1 amide bonds. The zero-order valence-corrected chi connectivity index (χ0v) is 35.9. The third-order valence-electron chi connectivity index (χ3n) is 13.3. The van der Waals surface area contributed by atoms with E-state index < -0.39 is 82.8 Å². The van der Waals surface area contributed by atoms with Crippen molar-refractivity contribution in [3.05, 3.63) is 52.8 Å². The van der Waals surface area contributed by atoms with Crippen LogP contribution in [-0.4, -0.2) is 128 Å². The van der Waals surface area contributed by atoms with Gasteiger partial charge in [0, 0.05) is 86.4 Å². The van der Waals surface area contributed by atoms with Gasteiger partial charge in [-0.2, -0.15) is 5.10 Å². The lowest BCUT2D eigenvalue weighted by Gasteiger charge is -2.36. The van der Waals surface area contributed by atoms with Gasteiger partial charge in [0.1, 0.15) is 17.2 Å². The molecule has 2 aromatic carbocycles. The van der Waals surface area contributed by atoms with Crippen LogP contribution in [0.25, 0.3) is 10.8 Å². The number of ether oxygens (including phenoxy) is 3. The Labute approximate surface area is 351 Å². The van der Waals surface area contributed by atoms with Gasteiger partial charge in [-0.1, -0.05) is 58.8 Å². The Balaban J connectivity index is 1.46. The molecule has 15 heteroatoms. The summed E-state index contributed by atoms with van der Waals surface area (Å²) in [6.45, 7) is 14.1. The van der Waals surface area contributed by atoms with Crippen molar-refractivity contribution < 1.29 is 54.4 Å². The number of phenols is 3. The standard InChI is InChI=1S/C45H62N4O11/c1-23-12-11-13-24(2)44(57)47-35-30(22-46-49-19-17-48(18-20-49)29-14-9-10-15-29)40(54)32-33(41(35)55)39(53)28(6)42-34(32)43(56)45(7,60-42)59-21-16-31(58-8)25(3)37(51)27(5)38(52)26(4)36(23)50/h11-13,16,21-23,25-27,29,31,36-38,50-55H,9-10,14-15,17-20H2,1-8H3,(H,47,57)/b12-11-,21-16-,24-13-,46-22+/t23-,25+,26+,27-,31-,36-,37+,38+,45-/m0/s1. The summed E-state index contributed by atoms with van der Waals surface area (Å²) in [6.07, 6.45) is 9.71. The van der Waals surface area contributed by atoms with Crippen LogP contribution in [0.1, 0.15) is 88.7 Å². The fourth-order valence-corrected chi connectivity index (χ4v) is 9.08. The summed E-state index contributed by atoms with van der Waals surface area (Å²) >= 11 is 0. The topological polar surface area (TPSA) is 214 Å². The maximum atomic E-state index is 14.4. The molecule has 0 radical (unpaired) electrons. The Morgan fingerprint density at radius 2 is 1.50 bits per heavy atom. The molecule has 5 bridgehead atoms.